The van der Waals surface area contributed by atoms with Gasteiger partial charge in [-0.15, -0.1) is 0 Å². The number of esters is 1. The second kappa shape index (κ2) is 9.20. The van der Waals surface area contributed by atoms with E-state index in [9.17, 15) is 40.3 Å². The van der Waals surface area contributed by atoms with Gasteiger partial charge in [0.05, 0.1) is 29.8 Å². The van der Waals surface area contributed by atoms with Crippen LogP contribution in [0.4, 0.5) is 36.4 Å². The zero-order valence-corrected chi connectivity index (χ0v) is 19.0. The zero-order chi connectivity index (χ0) is 27.2. The number of anilines is 1. The summed E-state index contributed by atoms with van der Waals surface area (Å²) in [4.78, 5) is 25.4. The van der Waals surface area contributed by atoms with Gasteiger partial charge in [-0.25, -0.2) is 9.18 Å². The first-order valence-corrected chi connectivity index (χ1v) is 10.7. The molecule has 6 nitrogen and oxygen atoms in total. The highest BCUT2D eigenvalue weighted by Crippen LogP contribution is 2.50. The molecule has 1 N–H and O–H groups in total. The van der Waals surface area contributed by atoms with Gasteiger partial charge >= 0.3 is 18.3 Å². The minimum Gasteiger partial charge on any atom is -0.465 e. The third-order valence-electron chi connectivity index (χ3n) is 5.96. The average molecular weight is 529 g/mol. The summed E-state index contributed by atoms with van der Waals surface area (Å²) in [7, 11) is 1.09. The molecule has 0 atom stereocenters. The van der Waals surface area contributed by atoms with E-state index in [-0.39, 0.29) is 40.8 Å². The minimum atomic E-state index is -4.74. The van der Waals surface area contributed by atoms with Gasteiger partial charge in [0.1, 0.15) is 12.4 Å². The summed E-state index contributed by atoms with van der Waals surface area (Å²) >= 11 is 0. The van der Waals surface area contributed by atoms with Crippen LogP contribution < -0.4 is 5.32 Å². The first-order valence-electron chi connectivity index (χ1n) is 10.7. The summed E-state index contributed by atoms with van der Waals surface area (Å²) in [6.07, 6.45) is -6.62. The van der Waals surface area contributed by atoms with Crippen molar-refractivity contribution in [2.24, 2.45) is 0 Å². The molecule has 1 aliphatic rings. The molecular weight excluding hydrogens is 511 g/mol. The molecule has 0 bridgehead atoms. The fourth-order valence-corrected chi connectivity index (χ4v) is 4.00. The van der Waals surface area contributed by atoms with Crippen molar-refractivity contribution >= 4 is 17.6 Å². The Balaban J connectivity index is 1.61. The standard InChI is InChI=1S/C24H18F7N3O3/c1-37-20(35)17-9-15(3-4-16(17)13-10-32-34(11-13)12-23(26,27)28)33-21(36)22(6-7-22)18-5-2-14(8-19(18)25)24(29,30)31/h2-5,8-11H,6-7,12H2,1H3,(H,33,36). The van der Waals surface area contributed by atoms with E-state index in [1.165, 1.54) is 18.2 Å². The largest absolute Gasteiger partial charge is 0.465 e. The van der Waals surface area contributed by atoms with Crippen LogP contribution in [0.5, 0.6) is 0 Å². The maximum Gasteiger partial charge on any atom is 0.416 e. The Hall–Kier alpha value is -3.90. The quantitative estimate of drug-likeness (QED) is 0.327. The lowest BCUT2D eigenvalue weighted by Crippen LogP contribution is -2.29. The number of hydrogen-bond acceptors (Lipinski definition) is 4. The molecule has 0 radical (unpaired) electrons. The van der Waals surface area contributed by atoms with E-state index in [0.717, 1.165) is 25.6 Å². The van der Waals surface area contributed by atoms with Crippen LogP contribution in [0.25, 0.3) is 11.1 Å². The van der Waals surface area contributed by atoms with E-state index < -0.39 is 47.6 Å². The maximum absolute atomic E-state index is 14.6. The van der Waals surface area contributed by atoms with Crippen molar-refractivity contribution in [3.8, 4) is 11.1 Å². The Kier molecular flexibility index (Phi) is 6.51. The van der Waals surface area contributed by atoms with E-state index in [4.69, 9.17) is 4.74 Å². The Morgan fingerprint density at radius 2 is 1.78 bits per heavy atom. The second-order valence-electron chi connectivity index (χ2n) is 8.52. The first-order chi connectivity index (χ1) is 17.2. The van der Waals surface area contributed by atoms with Gasteiger partial charge in [0.2, 0.25) is 5.91 Å². The van der Waals surface area contributed by atoms with Crippen LogP contribution in [0.2, 0.25) is 0 Å². The number of carbonyl (C=O) groups is 2. The van der Waals surface area contributed by atoms with Gasteiger partial charge < -0.3 is 10.1 Å². The molecule has 1 aliphatic carbocycles. The molecule has 0 saturated heterocycles. The highest BCUT2D eigenvalue weighted by atomic mass is 19.4. The lowest BCUT2D eigenvalue weighted by Gasteiger charge is -2.18. The Morgan fingerprint density at radius 3 is 2.35 bits per heavy atom. The third kappa shape index (κ3) is 5.44. The second-order valence-corrected chi connectivity index (χ2v) is 8.52. The average Bonchev–Trinajstić information content (AvgIpc) is 3.50. The number of aromatic nitrogens is 2. The molecule has 196 valence electrons. The summed E-state index contributed by atoms with van der Waals surface area (Å²) in [5.41, 5.74) is -2.35. The summed E-state index contributed by atoms with van der Waals surface area (Å²) < 4.78 is 96.6. The van der Waals surface area contributed by atoms with Crippen molar-refractivity contribution in [3.05, 3.63) is 71.3 Å². The van der Waals surface area contributed by atoms with Crippen molar-refractivity contribution in [1.29, 1.82) is 0 Å². The number of benzene rings is 2. The summed E-state index contributed by atoms with van der Waals surface area (Å²) in [6, 6.07) is 5.96. The normalized spacial score (nSPS) is 14.8. The van der Waals surface area contributed by atoms with Crippen LogP contribution in [0.1, 0.15) is 34.3 Å². The molecule has 1 aromatic heterocycles. The highest BCUT2D eigenvalue weighted by Gasteiger charge is 2.53. The van der Waals surface area contributed by atoms with Crippen LogP contribution in [0.15, 0.2) is 48.8 Å². The number of alkyl halides is 6. The molecule has 1 amide bonds. The van der Waals surface area contributed by atoms with Crippen molar-refractivity contribution < 1.29 is 45.1 Å². The number of hydrogen-bond donors (Lipinski definition) is 1. The lowest BCUT2D eigenvalue weighted by atomic mass is 9.93. The van der Waals surface area contributed by atoms with Gasteiger partial charge in [0.25, 0.3) is 0 Å². The molecule has 3 aromatic rings. The van der Waals surface area contributed by atoms with Crippen molar-refractivity contribution in [3.63, 3.8) is 0 Å². The van der Waals surface area contributed by atoms with Crippen LogP contribution in [0.3, 0.4) is 0 Å². The molecule has 0 aliphatic heterocycles. The fourth-order valence-electron chi connectivity index (χ4n) is 4.00. The maximum atomic E-state index is 14.6. The van der Waals surface area contributed by atoms with E-state index in [1.807, 2.05) is 0 Å². The number of halogens is 7. The number of methoxy groups -OCH3 is 1. The SMILES string of the molecule is COC(=O)c1cc(NC(=O)C2(c3ccc(C(F)(F)F)cc3F)CC2)ccc1-c1cnn(CC(F)(F)F)c1. The minimum absolute atomic E-state index is 0.0857. The summed E-state index contributed by atoms with van der Waals surface area (Å²) in [5, 5.41) is 6.19. The Labute approximate surface area is 205 Å². The molecule has 2 aromatic carbocycles. The number of nitrogens with zero attached hydrogens (tertiary/aromatic N) is 2. The lowest BCUT2D eigenvalue weighted by molar-refractivity contribution is -0.142. The zero-order valence-electron chi connectivity index (χ0n) is 19.0. The van der Waals surface area contributed by atoms with Crippen LogP contribution in [0, 0.1) is 5.82 Å². The number of nitrogens with one attached hydrogen (secondary N) is 1. The Bertz CT molecular complexity index is 1360. The van der Waals surface area contributed by atoms with E-state index in [1.54, 1.807) is 0 Å². The molecule has 1 heterocycles. The number of carbonyl (C=O) groups excluding carboxylic acids is 2. The topological polar surface area (TPSA) is 73.2 Å². The van der Waals surface area contributed by atoms with Crippen molar-refractivity contribution in [1.82, 2.24) is 9.78 Å². The summed E-state index contributed by atoms with van der Waals surface area (Å²) in [5.74, 6) is -2.69. The van der Waals surface area contributed by atoms with Crippen molar-refractivity contribution in [2.45, 2.75) is 37.2 Å². The van der Waals surface area contributed by atoms with E-state index in [2.05, 4.69) is 10.4 Å². The molecule has 1 saturated carbocycles. The van der Waals surface area contributed by atoms with Gasteiger partial charge in [-0.1, -0.05) is 12.1 Å². The fraction of sp³-hybridized carbons (Fsp3) is 0.292. The van der Waals surface area contributed by atoms with Gasteiger partial charge in [0.15, 0.2) is 0 Å². The van der Waals surface area contributed by atoms with Crippen LogP contribution in [-0.4, -0.2) is 34.9 Å². The molecule has 37 heavy (non-hydrogen) atoms. The molecule has 4 rings (SSSR count). The number of amides is 1. The van der Waals surface area contributed by atoms with E-state index >= 15 is 0 Å². The van der Waals surface area contributed by atoms with Crippen LogP contribution >= 0.6 is 0 Å². The predicted octanol–water partition coefficient (Wildman–Crippen LogP) is 5.73. The molecule has 0 unspecified atom stereocenters. The molecular formula is C24H18F7N3O3. The number of ether oxygens (including phenoxy) is 1. The molecule has 0 spiro atoms. The smallest absolute Gasteiger partial charge is 0.416 e. The predicted molar refractivity (Wildman–Crippen MR) is 116 cm³/mol. The van der Waals surface area contributed by atoms with Crippen molar-refractivity contribution in [2.75, 3.05) is 12.4 Å². The van der Waals surface area contributed by atoms with Gasteiger partial charge in [-0.2, -0.15) is 31.4 Å². The van der Waals surface area contributed by atoms with E-state index in [0.29, 0.717) is 16.8 Å². The monoisotopic (exact) mass is 529 g/mol. The molecule has 13 heteroatoms. The molecule has 1 fully saturated rings. The van der Waals surface area contributed by atoms with Gasteiger partial charge in [0, 0.05) is 23.0 Å². The summed E-state index contributed by atoms with van der Waals surface area (Å²) in [6.45, 7) is -1.34. The van der Waals surface area contributed by atoms with Crippen LogP contribution in [-0.2, 0) is 27.7 Å². The first kappa shape index (κ1) is 26.2. The number of rotatable bonds is 6. The van der Waals surface area contributed by atoms with Gasteiger partial charge in [-0.05, 0) is 42.7 Å². The highest BCUT2D eigenvalue weighted by molar-refractivity contribution is 6.04. The van der Waals surface area contributed by atoms with Gasteiger partial charge in [-0.3, -0.25) is 9.48 Å². The Morgan fingerprint density at radius 1 is 1.08 bits per heavy atom. The third-order valence-corrected chi connectivity index (χ3v) is 5.96.